The van der Waals surface area contributed by atoms with Crippen LogP contribution in [0.1, 0.15) is 62.5 Å². The summed E-state index contributed by atoms with van der Waals surface area (Å²) in [5.74, 6) is -13.8. The first-order valence-corrected chi connectivity index (χ1v) is 29.5. The lowest BCUT2D eigenvalue weighted by Crippen LogP contribution is -2.61. The van der Waals surface area contributed by atoms with Gasteiger partial charge in [0.15, 0.2) is 0 Å². The Morgan fingerprint density at radius 1 is 0.628 bits per heavy atom. The highest BCUT2D eigenvalue weighted by atomic mass is 35.5. The third-order valence-electron chi connectivity index (χ3n) is 13.0. The van der Waals surface area contributed by atoms with E-state index in [-0.39, 0.29) is 69.1 Å². The molecule has 2 fully saturated rings. The second kappa shape index (κ2) is 37.2. The molecule has 0 aliphatic carbocycles. The molecule has 0 radical (unpaired) electrons. The second-order valence-corrected chi connectivity index (χ2v) is 22.3. The number of likely N-dealkylation sites (tertiary alicyclic amines) is 1. The number of unbranched alkanes of at least 4 members (excludes halogenated alkanes) is 1. The number of phenolic OH excluding ortho intramolecular Hbond substituents is 1. The molecule has 86 heavy (non-hydrogen) atoms. The van der Waals surface area contributed by atoms with E-state index in [0.717, 1.165) is 26.5 Å². The van der Waals surface area contributed by atoms with Gasteiger partial charge in [0.25, 0.3) is 0 Å². The Hall–Kier alpha value is -8.27. The summed E-state index contributed by atoms with van der Waals surface area (Å²) in [6, 6.07) is 1.48. The Labute approximate surface area is 508 Å². The molecule has 2 aliphatic rings. The number of nitrogens with one attached hydrogen (secondary N) is 10. The number of phenols is 1. The van der Waals surface area contributed by atoms with Gasteiger partial charge >= 0.3 is 0 Å². The Balaban J connectivity index is 0.0000194. The number of benzene rings is 2. The summed E-state index contributed by atoms with van der Waals surface area (Å²) in [7, 11) is 1.73. The van der Waals surface area contributed by atoms with Crippen molar-refractivity contribution in [2.75, 3.05) is 50.8 Å². The molecule has 2 aromatic rings. The summed E-state index contributed by atoms with van der Waals surface area (Å²) in [4.78, 5) is 190. The monoisotopic (exact) mass is 1260 g/mol. The summed E-state index contributed by atoms with van der Waals surface area (Å²) in [6.45, 7) is -2.01. The molecule has 21 N–H and O–H groups in total. The third-order valence-corrected chi connectivity index (χ3v) is 15.4. The number of rotatable bonds is 25. The van der Waals surface area contributed by atoms with Gasteiger partial charge in [-0.1, -0.05) is 64.1 Å². The van der Waals surface area contributed by atoms with E-state index >= 15 is 0 Å². The Morgan fingerprint density at radius 2 is 1.20 bits per heavy atom. The maximum absolute atomic E-state index is 14.8. The number of hydrogen-bond donors (Lipinski definition) is 16. The first-order valence-electron chi connectivity index (χ1n) is 27.0. The number of nitrogens with two attached hydrogens (primary N) is 5. The summed E-state index contributed by atoms with van der Waals surface area (Å²) < 4.78 is 0. The quantitative estimate of drug-likeness (QED) is 0.0325. The van der Waals surface area contributed by atoms with Crippen LogP contribution < -0.4 is 81.8 Å². The molecule has 0 aromatic heterocycles. The van der Waals surface area contributed by atoms with E-state index in [4.69, 9.17) is 28.7 Å². The second-order valence-electron chi connectivity index (χ2n) is 19.7. The van der Waals surface area contributed by atoms with Crippen LogP contribution in [0.4, 0.5) is 0 Å². The van der Waals surface area contributed by atoms with Crippen LogP contribution in [0, 0.1) is 0 Å². The van der Waals surface area contributed by atoms with E-state index in [2.05, 4.69) is 53.2 Å². The van der Waals surface area contributed by atoms with Crippen LogP contribution in [0.2, 0.25) is 0 Å². The van der Waals surface area contributed by atoms with Crippen LogP contribution in [0.3, 0.4) is 0 Å². The van der Waals surface area contributed by atoms with Crippen molar-refractivity contribution in [3.05, 3.63) is 65.7 Å². The molecular weight excluding hydrogens is 1190 g/mol. The molecule has 34 heteroatoms. The standard InChI is InChI=1S/C52H74N16O15S2.ClH/c53-17-5-4-9-31(45(76)60-23-41(57)72)63-51(82)38-10-6-18-68(38)52(83)37-27-85-84-26-36(61-44(75)25-59-43(74)24-58-42(73)22-54)50(81)65-34(20-29-11-13-30(69)14-12-29)48(79)64-33(19-28-7-2-1-3-8-28)47(78)62-32(15-16-39(55)70)46(77)66-35(21-40(56)71)49(80)67-37;/h1-3,7-8,11-14,31-38,69H,4-6,9-10,15-27,53-54H2,(H2,55,70)(H2,56,71)(H2,57,72)(H,58,73)(H,59,74)(H,60,76)(H,61,75)(H,62,78)(H,63,82)(H,64,79)(H,65,81)(H,66,77)(H,67,80);1H/t31-,32-,33-,34-,35-,36-,37-,38-;/m0./s1. The van der Waals surface area contributed by atoms with Gasteiger partial charge in [0.2, 0.25) is 82.7 Å². The topological polar surface area (TPSA) is 513 Å². The summed E-state index contributed by atoms with van der Waals surface area (Å²) in [5, 5.41) is 34.8. The molecule has 0 bridgehead atoms. The smallest absolute Gasteiger partial charge is 0.246 e. The van der Waals surface area contributed by atoms with E-state index in [0.29, 0.717) is 24.0 Å². The van der Waals surface area contributed by atoms with E-state index in [1.807, 2.05) is 0 Å². The minimum absolute atomic E-state index is 0. The van der Waals surface area contributed by atoms with Crippen molar-refractivity contribution in [1.82, 2.24) is 58.1 Å². The summed E-state index contributed by atoms with van der Waals surface area (Å²) in [5.41, 5.74) is 28.1. The molecule has 8 atom stereocenters. The van der Waals surface area contributed by atoms with Crippen molar-refractivity contribution >= 4 is 117 Å². The Kier molecular flexibility index (Phi) is 31.2. The molecule has 2 aromatic carbocycles. The van der Waals surface area contributed by atoms with Crippen molar-refractivity contribution in [2.24, 2.45) is 28.7 Å². The average Bonchev–Trinajstić information content (AvgIpc) is 4.15. The van der Waals surface area contributed by atoms with Gasteiger partial charge in [0, 0.05) is 37.3 Å². The molecule has 2 saturated heterocycles. The van der Waals surface area contributed by atoms with E-state index in [9.17, 15) is 72.2 Å². The highest BCUT2D eigenvalue weighted by molar-refractivity contribution is 8.76. The number of carbonyl (C=O) groups is 14. The molecule has 4 rings (SSSR count). The molecule has 0 spiro atoms. The van der Waals surface area contributed by atoms with Crippen molar-refractivity contribution < 1.29 is 72.2 Å². The van der Waals surface area contributed by atoms with Crippen LogP contribution in [0.25, 0.3) is 0 Å². The van der Waals surface area contributed by atoms with Crippen molar-refractivity contribution in [1.29, 1.82) is 0 Å². The lowest BCUT2D eigenvalue weighted by atomic mass is 10.0. The lowest BCUT2D eigenvalue weighted by molar-refractivity contribution is -0.142. The fourth-order valence-electron chi connectivity index (χ4n) is 8.62. The van der Waals surface area contributed by atoms with E-state index in [1.54, 1.807) is 30.3 Å². The number of carbonyl (C=O) groups excluding carboxylic acids is 14. The molecule has 2 heterocycles. The number of primary amides is 3. The first kappa shape index (κ1) is 72.0. The number of amides is 14. The minimum Gasteiger partial charge on any atom is -0.508 e. The van der Waals surface area contributed by atoms with Crippen molar-refractivity contribution in [2.45, 2.75) is 113 Å². The molecule has 472 valence electrons. The number of halogens is 1. The molecule has 0 unspecified atom stereocenters. The SMILES string of the molecule is Cl.NCCCC[C@H](NC(=O)[C@@H]1CCCN1C(=O)[C@@H]1CSSC[C@H](NC(=O)CNC(=O)CNC(=O)CN)C(=O)N[C@@H](Cc2ccc(O)cc2)C(=O)N[C@@H](Cc2ccccc2)C(=O)N[C@@H](CCC(N)=O)C(=O)N[C@@H](CC(N)=O)C(=O)N1)C(=O)NCC(N)=O. The highest BCUT2D eigenvalue weighted by Crippen LogP contribution is 2.26. The molecule has 14 amide bonds. The zero-order chi connectivity index (χ0) is 62.6. The van der Waals surface area contributed by atoms with E-state index < -0.39 is 182 Å². The van der Waals surface area contributed by atoms with E-state index in [1.165, 1.54) is 24.3 Å². The maximum atomic E-state index is 14.8. The van der Waals surface area contributed by atoms with Gasteiger partial charge in [-0.05, 0) is 68.3 Å². The predicted octanol–water partition coefficient (Wildman–Crippen LogP) is -6.56. The minimum atomic E-state index is -1.87. The Morgan fingerprint density at radius 3 is 1.81 bits per heavy atom. The third kappa shape index (κ3) is 25.1. The molecular formula is C52H75ClN16O15S2. The predicted molar refractivity (Wildman–Crippen MR) is 315 cm³/mol. The maximum Gasteiger partial charge on any atom is 0.246 e. The Bertz CT molecular complexity index is 2740. The average molecular weight is 1260 g/mol. The molecule has 0 saturated carbocycles. The zero-order valence-corrected chi connectivity index (χ0v) is 49.2. The lowest BCUT2D eigenvalue weighted by Gasteiger charge is -2.31. The van der Waals surface area contributed by atoms with Crippen LogP contribution >= 0.6 is 34.0 Å². The highest BCUT2D eigenvalue weighted by Gasteiger charge is 2.41. The van der Waals surface area contributed by atoms with Gasteiger partial charge in [-0.2, -0.15) is 0 Å². The number of aromatic hydroxyl groups is 1. The van der Waals surface area contributed by atoms with Crippen LogP contribution in [-0.2, 0) is 80.0 Å². The normalized spacial score (nSPS) is 20.9. The first-order chi connectivity index (χ1) is 40.5. The van der Waals surface area contributed by atoms with Crippen molar-refractivity contribution in [3.63, 3.8) is 0 Å². The molecule has 2 aliphatic heterocycles. The zero-order valence-electron chi connectivity index (χ0n) is 46.8. The van der Waals surface area contributed by atoms with Gasteiger partial charge in [0.1, 0.15) is 54.1 Å². The fraction of sp³-hybridized carbons (Fsp3) is 0.500. The van der Waals surface area contributed by atoms with Gasteiger partial charge in [0.05, 0.1) is 32.6 Å². The number of hydrogen-bond acceptors (Lipinski definition) is 19. The van der Waals surface area contributed by atoms with Gasteiger partial charge in [-0.25, -0.2) is 0 Å². The van der Waals surface area contributed by atoms with Gasteiger partial charge < -0.3 is 91.8 Å². The summed E-state index contributed by atoms with van der Waals surface area (Å²) in [6.07, 6.45) is -1.13. The fourth-order valence-corrected chi connectivity index (χ4v) is 10.9. The van der Waals surface area contributed by atoms with Crippen molar-refractivity contribution in [3.8, 4) is 5.75 Å². The van der Waals surface area contributed by atoms with Gasteiger partial charge in [-0.3, -0.25) is 67.1 Å². The van der Waals surface area contributed by atoms with Gasteiger partial charge in [-0.15, -0.1) is 12.4 Å². The van der Waals surface area contributed by atoms with Crippen LogP contribution in [0.15, 0.2) is 54.6 Å². The number of nitrogens with zero attached hydrogens (tertiary/aromatic N) is 1. The largest absolute Gasteiger partial charge is 0.508 e. The van der Waals surface area contributed by atoms with Crippen LogP contribution in [-0.4, -0.2) is 192 Å². The summed E-state index contributed by atoms with van der Waals surface area (Å²) >= 11 is 0. The van der Waals surface area contributed by atoms with Crippen LogP contribution in [0.5, 0.6) is 5.75 Å². The molecule has 31 nitrogen and oxygen atoms in total.